The van der Waals surface area contributed by atoms with Gasteiger partial charge in [-0.3, -0.25) is 4.79 Å². The summed E-state index contributed by atoms with van der Waals surface area (Å²) in [5.41, 5.74) is 0. The average Bonchev–Trinajstić information content (AvgIpc) is 2.85. The monoisotopic (exact) mass is 253 g/mol. The number of hydrogen-bond acceptors (Lipinski definition) is 4. The molecule has 1 saturated heterocycles. The third kappa shape index (κ3) is 3.51. The van der Waals surface area contributed by atoms with Crippen LogP contribution in [0, 0.1) is 5.92 Å². The number of thiazole rings is 1. The molecule has 1 atom stereocenters. The van der Waals surface area contributed by atoms with Crippen molar-refractivity contribution in [2.45, 2.75) is 32.7 Å². The molecule has 2 N–H and O–H groups in total. The summed E-state index contributed by atoms with van der Waals surface area (Å²) in [6.45, 7) is 4.53. The van der Waals surface area contributed by atoms with Crippen LogP contribution in [0.1, 0.15) is 29.7 Å². The Labute approximate surface area is 106 Å². The Bertz CT molecular complexity index is 372. The highest BCUT2D eigenvalue weighted by atomic mass is 32.1. The Morgan fingerprint density at radius 3 is 3.24 bits per heavy atom. The van der Waals surface area contributed by atoms with Crippen LogP contribution in [0.4, 0.5) is 0 Å². The molecule has 17 heavy (non-hydrogen) atoms. The first kappa shape index (κ1) is 12.5. The molecule has 1 fully saturated rings. The van der Waals surface area contributed by atoms with E-state index in [4.69, 9.17) is 0 Å². The van der Waals surface area contributed by atoms with E-state index in [1.54, 1.807) is 11.3 Å². The SMILES string of the molecule is CCc1cnc(CNC(=O)[C@H]2CCCNC2)s1. The number of nitrogens with zero attached hydrogens (tertiary/aromatic N) is 1. The van der Waals surface area contributed by atoms with Gasteiger partial charge in [-0.25, -0.2) is 4.98 Å². The van der Waals surface area contributed by atoms with Crippen LogP contribution in [0.25, 0.3) is 0 Å². The van der Waals surface area contributed by atoms with Crippen molar-refractivity contribution in [1.29, 1.82) is 0 Å². The van der Waals surface area contributed by atoms with E-state index in [1.165, 1.54) is 4.88 Å². The van der Waals surface area contributed by atoms with Crippen LogP contribution >= 0.6 is 11.3 Å². The molecule has 0 unspecified atom stereocenters. The number of rotatable bonds is 4. The molecule has 1 aliphatic rings. The molecule has 1 aliphatic heterocycles. The molecule has 0 aromatic carbocycles. The van der Waals surface area contributed by atoms with Gasteiger partial charge in [0.15, 0.2) is 0 Å². The lowest BCUT2D eigenvalue weighted by Gasteiger charge is -2.21. The number of piperidine rings is 1. The van der Waals surface area contributed by atoms with Gasteiger partial charge in [0.25, 0.3) is 0 Å². The zero-order chi connectivity index (χ0) is 12.1. The van der Waals surface area contributed by atoms with Crippen LogP contribution in [0.3, 0.4) is 0 Å². The van der Waals surface area contributed by atoms with E-state index in [9.17, 15) is 4.79 Å². The third-order valence-electron chi connectivity index (χ3n) is 3.03. The van der Waals surface area contributed by atoms with Crippen molar-refractivity contribution in [2.24, 2.45) is 5.92 Å². The molecule has 1 amide bonds. The number of aromatic nitrogens is 1. The van der Waals surface area contributed by atoms with Crippen molar-refractivity contribution < 1.29 is 4.79 Å². The molecule has 0 aliphatic carbocycles. The zero-order valence-corrected chi connectivity index (χ0v) is 11.0. The molecular weight excluding hydrogens is 234 g/mol. The first-order valence-corrected chi connectivity index (χ1v) is 7.03. The molecule has 0 bridgehead atoms. The minimum atomic E-state index is 0.134. The first-order valence-electron chi connectivity index (χ1n) is 6.21. The fraction of sp³-hybridized carbons (Fsp3) is 0.667. The van der Waals surface area contributed by atoms with Gasteiger partial charge < -0.3 is 10.6 Å². The maximum atomic E-state index is 11.9. The fourth-order valence-corrected chi connectivity index (χ4v) is 2.78. The molecule has 0 saturated carbocycles. The Morgan fingerprint density at radius 1 is 1.71 bits per heavy atom. The normalized spacial score (nSPS) is 20.2. The van der Waals surface area contributed by atoms with Gasteiger partial charge in [0.2, 0.25) is 5.91 Å². The van der Waals surface area contributed by atoms with E-state index in [0.717, 1.165) is 37.4 Å². The van der Waals surface area contributed by atoms with Crippen LogP contribution in [-0.2, 0) is 17.8 Å². The second-order valence-corrected chi connectivity index (χ2v) is 5.53. The van der Waals surface area contributed by atoms with Crippen molar-refractivity contribution in [3.05, 3.63) is 16.1 Å². The largest absolute Gasteiger partial charge is 0.349 e. The maximum absolute atomic E-state index is 11.9. The van der Waals surface area contributed by atoms with Gasteiger partial charge in [-0.2, -0.15) is 0 Å². The minimum Gasteiger partial charge on any atom is -0.349 e. The maximum Gasteiger partial charge on any atom is 0.224 e. The molecule has 2 heterocycles. The second-order valence-electron chi connectivity index (χ2n) is 4.33. The van der Waals surface area contributed by atoms with Gasteiger partial charge in [0.05, 0.1) is 12.5 Å². The third-order valence-corrected chi connectivity index (χ3v) is 4.17. The summed E-state index contributed by atoms with van der Waals surface area (Å²) in [5.74, 6) is 0.291. The Morgan fingerprint density at radius 2 is 2.59 bits per heavy atom. The summed E-state index contributed by atoms with van der Waals surface area (Å²) in [7, 11) is 0. The molecule has 1 aromatic heterocycles. The van der Waals surface area contributed by atoms with Crippen molar-refractivity contribution >= 4 is 17.2 Å². The Balaban J connectivity index is 1.78. The summed E-state index contributed by atoms with van der Waals surface area (Å²) in [6, 6.07) is 0. The van der Waals surface area contributed by atoms with E-state index in [1.807, 2.05) is 6.20 Å². The van der Waals surface area contributed by atoms with Crippen molar-refractivity contribution in [3.8, 4) is 0 Å². The van der Waals surface area contributed by atoms with Crippen LogP contribution < -0.4 is 10.6 Å². The molecule has 4 nitrogen and oxygen atoms in total. The summed E-state index contributed by atoms with van der Waals surface area (Å²) in [4.78, 5) is 17.4. The predicted octanol–water partition coefficient (Wildman–Crippen LogP) is 1.32. The number of carbonyl (C=O) groups excluding carboxylic acids is 1. The zero-order valence-electron chi connectivity index (χ0n) is 10.2. The second kappa shape index (κ2) is 6.12. The fourth-order valence-electron chi connectivity index (χ4n) is 1.98. The van der Waals surface area contributed by atoms with Crippen LogP contribution in [0.5, 0.6) is 0 Å². The Hall–Kier alpha value is -0.940. The highest BCUT2D eigenvalue weighted by molar-refractivity contribution is 7.11. The highest BCUT2D eigenvalue weighted by Crippen LogP contribution is 2.14. The molecule has 0 radical (unpaired) electrons. The minimum absolute atomic E-state index is 0.134. The number of aryl methyl sites for hydroxylation is 1. The van der Waals surface area contributed by atoms with Crippen LogP contribution in [-0.4, -0.2) is 24.0 Å². The van der Waals surface area contributed by atoms with Crippen LogP contribution in [0.2, 0.25) is 0 Å². The number of nitrogens with one attached hydrogen (secondary N) is 2. The first-order chi connectivity index (χ1) is 8.29. The van der Waals surface area contributed by atoms with Crippen molar-refractivity contribution in [2.75, 3.05) is 13.1 Å². The molecular formula is C12H19N3OS. The Kier molecular flexibility index (Phi) is 4.50. The molecule has 0 spiro atoms. The van der Waals surface area contributed by atoms with E-state index >= 15 is 0 Å². The van der Waals surface area contributed by atoms with Gasteiger partial charge in [-0.05, 0) is 25.8 Å². The lowest BCUT2D eigenvalue weighted by atomic mass is 9.99. The highest BCUT2D eigenvalue weighted by Gasteiger charge is 2.20. The van der Waals surface area contributed by atoms with Crippen molar-refractivity contribution in [3.63, 3.8) is 0 Å². The van der Waals surface area contributed by atoms with Gasteiger partial charge in [-0.1, -0.05) is 6.92 Å². The van der Waals surface area contributed by atoms with Gasteiger partial charge in [-0.15, -0.1) is 11.3 Å². The summed E-state index contributed by atoms with van der Waals surface area (Å²) in [5, 5.41) is 7.23. The number of carbonyl (C=O) groups is 1. The molecule has 94 valence electrons. The van der Waals surface area contributed by atoms with Gasteiger partial charge in [0.1, 0.15) is 5.01 Å². The quantitative estimate of drug-likeness (QED) is 0.851. The lowest BCUT2D eigenvalue weighted by Crippen LogP contribution is -2.40. The van der Waals surface area contributed by atoms with E-state index in [0.29, 0.717) is 6.54 Å². The standard InChI is InChI=1S/C12H19N3OS/c1-2-10-7-14-11(17-10)8-15-12(16)9-4-3-5-13-6-9/h7,9,13H,2-6,8H2,1H3,(H,15,16)/t9-/m0/s1. The summed E-state index contributed by atoms with van der Waals surface area (Å²) in [6.07, 6.45) is 5.00. The predicted molar refractivity (Wildman–Crippen MR) is 68.9 cm³/mol. The number of amides is 1. The van der Waals surface area contributed by atoms with Gasteiger partial charge in [0, 0.05) is 17.6 Å². The van der Waals surface area contributed by atoms with Gasteiger partial charge >= 0.3 is 0 Å². The van der Waals surface area contributed by atoms with Crippen molar-refractivity contribution in [1.82, 2.24) is 15.6 Å². The summed E-state index contributed by atoms with van der Waals surface area (Å²) < 4.78 is 0. The molecule has 1 aromatic rings. The summed E-state index contributed by atoms with van der Waals surface area (Å²) >= 11 is 1.68. The smallest absolute Gasteiger partial charge is 0.224 e. The number of hydrogen-bond donors (Lipinski definition) is 2. The van der Waals surface area contributed by atoms with E-state index in [-0.39, 0.29) is 11.8 Å². The topological polar surface area (TPSA) is 54.0 Å². The van der Waals surface area contributed by atoms with E-state index < -0.39 is 0 Å². The lowest BCUT2D eigenvalue weighted by molar-refractivity contribution is -0.125. The molecule has 5 heteroatoms. The van der Waals surface area contributed by atoms with Crippen LogP contribution in [0.15, 0.2) is 6.20 Å². The average molecular weight is 253 g/mol. The van der Waals surface area contributed by atoms with E-state index in [2.05, 4.69) is 22.5 Å². The molecule has 2 rings (SSSR count).